The number of carbonyl (C=O) groups is 1. The van der Waals surface area contributed by atoms with E-state index in [-0.39, 0.29) is 0 Å². The van der Waals surface area contributed by atoms with Gasteiger partial charge in [-0.1, -0.05) is 30.3 Å². The van der Waals surface area contributed by atoms with Crippen molar-refractivity contribution in [1.29, 1.82) is 0 Å². The number of hydrogen-bond acceptors (Lipinski definition) is 2. The van der Waals surface area contributed by atoms with Crippen LogP contribution in [0.2, 0.25) is 0 Å². The third kappa shape index (κ3) is 2.21. The van der Waals surface area contributed by atoms with E-state index in [0.717, 1.165) is 28.7 Å². The Morgan fingerprint density at radius 1 is 1.12 bits per heavy atom. The van der Waals surface area contributed by atoms with E-state index in [1.54, 1.807) is 7.11 Å². The van der Waals surface area contributed by atoms with E-state index < -0.39 is 0 Å². The highest BCUT2D eigenvalue weighted by Gasteiger charge is 2.08. The zero-order chi connectivity index (χ0) is 12.3. The summed E-state index contributed by atoms with van der Waals surface area (Å²) in [4.78, 5) is 11.1. The van der Waals surface area contributed by atoms with Crippen molar-refractivity contribution in [2.45, 2.75) is 6.92 Å². The molecule has 0 saturated heterocycles. The second kappa shape index (κ2) is 4.83. The predicted molar refractivity (Wildman–Crippen MR) is 68.6 cm³/mol. The van der Waals surface area contributed by atoms with E-state index in [2.05, 4.69) is 0 Å². The summed E-state index contributed by atoms with van der Waals surface area (Å²) in [6, 6.07) is 13.6. The highest BCUT2D eigenvalue weighted by Crippen LogP contribution is 2.29. The summed E-state index contributed by atoms with van der Waals surface area (Å²) in [5, 5.41) is 0. The van der Waals surface area contributed by atoms with Crippen molar-refractivity contribution < 1.29 is 9.53 Å². The molecule has 0 bridgehead atoms. The van der Waals surface area contributed by atoms with Crippen LogP contribution < -0.4 is 4.74 Å². The number of hydrogen-bond donors (Lipinski definition) is 0. The van der Waals surface area contributed by atoms with Gasteiger partial charge in [0.25, 0.3) is 0 Å². The van der Waals surface area contributed by atoms with E-state index in [0.29, 0.717) is 5.56 Å². The maximum Gasteiger partial charge on any atom is 0.150 e. The number of ether oxygens (including phenoxy) is 1. The summed E-state index contributed by atoms with van der Waals surface area (Å²) in [5.74, 6) is 0.800. The lowest BCUT2D eigenvalue weighted by atomic mass is 9.98. The van der Waals surface area contributed by atoms with Gasteiger partial charge in [0.05, 0.1) is 7.11 Å². The maximum absolute atomic E-state index is 11.1. The zero-order valence-corrected chi connectivity index (χ0v) is 9.94. The fourth-order valence-electron chi connectivity index (χ4n) is 1.90. The standard InChI is InChI=1S/C15H14O2/c1-11-8-13(10-16)14(9-15(11)17-2)12-6-4-3-5-7-12/h3-10H,1-2H3. The van der Waals surface area contributed by atoms with Crippen LogP contribution in [0.3, 0.4) is 0 Å². The Hall–Kier alpha value is -2.09. The maximum atomic E-state index is 11.1. The average molecular weight is 226 g/mol. The molecule has 0 unspecified atom stereocenters. The topological polar surface area (TPSA) is 26.3 Å². The smallest absolute Gasteiger partial charge is 0.150 e. The van der Waals surface area contributed by atoms with Gasteiger partial charge >= 0.3 is 0 Å². The molecule has 2 aromatic carbocycles. The Bertz CT molecular complexity index is 530. The molecule has 0 aliphatic rings. The zero-order valence-electron chi connectivity index (χ0n) is 9.94. The van der Waals surface area contributed by atoms with E-state index in [4.69, 9.17) is 4.74 Å². The Kier molecular flexibility index (Phi) is 3.24. The molecule has 2 nitrogen and oxygen atoms in total. The molecular weight excluding hydrogens is 212 g/mol. The molecule has 0 aliphatic heterocycles. The lowest BCUT2D eigenvalue weighted by molar-refractivity contribution is 0.112. The molecule has 0 amide bonds. The Labute approximate surface area is 101 Å². The summed E-state index contributed by atoms with van der Waals surface area (Å²) < 4.78 is 5.29. The van der Waals surface area contributed by atoms with Gasteiger partial charge in [0.1, 0.15) is 5.75 Å². The molecule has 2 aromatic rings. The highest BCUT2D eigenvalue weighted by molar-refractivity contribution is 5.88. The van der Waals surface area contributed by atoms with E-state index >= 15 is 0 Å². The molecule has 0 spiro atoms. The normalized spacial score (nSPS) is 10.0. The minimum atomic E-state index is 0.689. The fraction of sp³-hybridized carbons (Fsp3) is 0.133. The number of carbonyl (C=O) groups excluding carboxylic acids is 1. The Balaban J connectivity index is 2.63. The van der Waals surface area contributed by atoms with E-state index in [1.807, 2.05) is 49.4 Å². The van der Waals surface area contributed by atoms with Crippen LogP contribution in [0.1, 0.15) is 15.9 Å². The van der Waals surface area contributed by atoms with Crippen LogP contribution in [0.15, 0.2) is 42.5 Å². The van der Waals surface area contributed by atoms with Gasteiger partial charge in [-0.15, -0.1) is 0 Å². The second-order valence-electron chi connectivity index (χ2n) is 3.89. The van der Waals surface area contributed by atoms with Crippen LogP contribution in [0.5, 0.6) is 5.75 Å². The van der Waals surface area contributed by atoms with E-state index in [1.165, 1.54) is 0 Å². The quantitative estimate of drug-likeness (QED) is 0.749. The summed E-state index contributed by atoms with van der Waals surface area (Å²) >= 11 is 0. The number of aryl methyl sites for hydroxylation is 1. The molecule has 0 N–H and O–H groups in total. The Morgan fingerprint density at radius 3 is 2.41 bits per heavy atom. The van der Waals surface area contributed by atoms with Crippen LogP contribution in [0.25, 0.3) is 11.1 Å². The van der Waals surface area contributed by atoms with Gasteiger partial charge in [0.2, 0.25) is 0 Å². The van der Waals surface area contributed by atoms with Gasteiger partial charge in [0.15, 0.2) is 6.29 Å². The Morgan fingerprint density at radius 2 is 1.82 bits per heavy atom. The highest BCUT2D eigenvalue weighted by atomic mass is 16.5. The van der Waals surface area contributed by atoms with Gasteiger partial charge < -0.3 is 4.74 Å². The van der Waals surface area contributed by atoms with Crippen molar-refractivity contribution in [2.24, 2.45) is 0 Å². The summed E-state index contributed by atoms with van der Waals surface area (Å²) in [7, 11) is 1.64. The fourth-order valence-corrected chi connectivity index (χ4v) is 1.90. The van der Waals surface area contributed by atoms with Crippen LogP contribution in [-0.4, -0.2) is 13.4 Å². The first kappa shape index (κ1) is 11.4. The summed E-state index contributed by atoms with van der Waals surface area (Å²) in [6.07, 6.45) is 0.884. The molecule has 0 aliphatic carbocycles. The summed E-state index contributed by atoms with van der Waals surface area (Å²) in [5.41, 5.74) is 3.58. The molecule has 0 radical (unpaired) electrons. The van der Waals surface area contributed by atoms with Crippen molar-refractivity contribution in [2.75, 3.05) is 7.11 Å². The van der Waals surface area contributed by atoms with Crippen LogP contribution in [0, 0.1) is 6.92 Å². The molecule has 86 valence electrons. The van der Waals surface area contributed by atoms with Gasteiger partial charge in [-0.3, -0.25) is 4.79 Å². The molecule has 0 saturated carbocycles. The third-order valence-electron chi connectivity index (χ3n) is 2.78. The minimum absolute atomic E-state index is 0.689. The largest absolute Gasteiger partial charge is 0.496 e. The molecule has 2 rings (SSSR count). The van der Waals surface area contributed by atoms with Gasteiger partial charge in [-0.2, -0.15) is 0 Å². The molecule has 0 atom stereocenters. The average Bonchev–Trinajstić information content (AvgIpc) is 2.39. The van der Waals surface area contributed by atoms with Crippen molar-refractivity contribution in [1.82, 2.24) is 0 Å². The first-order valence-electron chi connectivity index (χ1n) is 5.45. The van der Waals surface area contributed by atoms with Gasteiger partial charge in [-0.25, -0.2) is 0 Å². The molecule has 0 aromatic heterocycles. The van der Waals surface area contributed by atoms with Crippen LogP contribution in [-0.2, 0) is 0 Å². The van der Waals surface area contributed by atoms with Crippen LogP contribution in [0.4, 0.5) is 0 Å². The van der Waals surface area contributed by atoms with Crippen molar-refractivity contribution in [3.8, 4) is 16.9 Å². The van der Waals surface area contributed by atoms with Crippen molar-refractivity contribution >= 4 is 6.29 Å². The lowest BCUT2D eigenvalue weighted by Gasteiger charge is -2.10. The number of benzene rings is 2. The first-order chi connectivity index (χ1) is 8.26. The van der Waals surface area contributed by atoms with Crippen molar-refractivity contribution in [3.63, 3.8) is 0 Å². The molecule has 17 heavy (non-hydrogen) atoms. The first-order valence-corrected chi connectivity index (χ1v) is 5.45. The van der Waals surface area contributed by atoms with Gasteiger partial charge in [0, 0.05) is 5.56 Å². The van der Waals surface area contributed by atoms with Gasteiger partial charge in [-0.05, 0) is 35.7 Å². The second-order valence-corrected chi connectivity index (χ2v) is 3.89. The SMILES string of the molecule is COc1cc(-c2ccccc2)c(C=O)cc1C. The third-order valence-corrected chi connectivity index (χ3v) is 2.78. The number of methoxy groups -OCH3 is 1. The molecular formula is C15H14O2. The number of aldehydes is 1. The number of rotatable bonds is 3. The minimum Gasteiger partial charge on any atom is -0.496 e. The molecule has 0 fully saturated rings. The monoisotopic (exact) mass is 226 g/mol. The predicted octanol–water partition coefficient (Wildman–Crippen LogP) is 3.48. The van der Waals surface area contributed by atoms with Crippen molar-refractivity contribution in [3.05, 3.63) is 53.6 Å². The lowest BCUT2D eigenvalue weighted by Crippen LogP contribution is -1.93. The summed E-state index contributed by atoms with van der Waals surface area (Å²) in [6.45, 7) is 1.93. The molecule has 2 heteroatoms. The van der Waals surface area contributed by atoms with Crippen LogP contribution >= 0.6 is 0 Å². The van der Waals surface area contributed by atoms with E-state index in [9.17, 15) is 4.79 Å². The molecule has 0 heterocycles.